The fourth-order valence-electron chi connectivity index (χ4n) is 4.35. The zero-order chi connectivity index (χ0) is 17.6. The van der Waals surface area contributed by atoms with E-state index >= 15 is 0 Å². The van der Waals surface area contributed by atoms with E-state index in [2.05, 4.69) is 32.8 Å². The topological polar surface area (TPSA) is 3.24 Å². The third-order valence-corrected chi connectivity index (χ3v) is 6.31. The van der Waals surface area contributed by atoms with Gasteiger partial charge in [0, 0.05) is 6.04 Å². The summed E-state index contributed by atoms with van der Waals surface area (Å²) >= 11 is 0. The number of nitrogens with zero attached hydrogens (tertiary/aromatic N) is 1. The van der Waals surface area contributed by atoms with Crippen LogP contribution in [0.3, 0.4) is 0 Å². The Hall–Kier alpha value is -0.0400. The summed E-state index contributed by atoms with van der Waals surface area (Å²) in [6, 6.07) is 0.805. The molecule has 0 radical (unpaired) electrons. The fraction of sp³-hybridized carbons (Fsp3) is 1.00. The molecule has 0 saturated heterocycles. The van der Waals surface area contributed by atoms with E-state index in [1.165, 1.54) is 89.9 Å². The number of hydrogen-bond acceptors (Lipinski definition) is 1. The molecule has 0 aromatic carbocycles. The van der Waals surface area contributed by atoms with E-state index in [0.717, 1.165) is 17.9 Å². The van der Waals surface area contributed by atoms with Crippen LogP contribution in [0.2, 0.25) is 0 Å². The van der Waals surface area contributed by atoms with Crippen LogP contribution < -0.4 is 0 Å². The van der Waals surface area contributed by atoms with Gasteiger partial charge < -0.3 is 4.90 Å². The highest BCUT2D eigenvalue weighted by atomic mass is 15.1. The van der Waals surface area contributed by atoms with Crippen molar-refractivity contribution in [1.29, 1.82) is 0 Å². The lowest BCUT2D eigenvalue weighted by Crippen LogP contribution is -2.26. The van der Waals surface area contributed by atoms with E-state index in [4.69, 9.17) is 0 Å². The van der Waals surface area contributed by atoms with Gasteiger partial charge in [-0.1, -0.05) is 97.3 Å². The van der Waals surface area contributed by atoms with Crippen molar-refractivity contribution in [2.24, 2.45) is 11.8 Å². The Morgan fingerprint density at radius 3 is 1.71 bits per heavy atom. The first-order valence-corrected chi connectivity index (χ1v) is 11.3. The molecule has 1 aliphatic rings. The first-order valence-electron chi connectivity index (χ1n) is 11.3. The van der Waals surface area contributed by atoms with E-state index in [1.807, 2.05) is 0 Å². The van der Waals surface area contributed by atoms with E-state index in [1.54, 1.807) is 12.8 Å². The first-order chi connectivity index (χ1) is 11.7. The molecule has 0 aromatic heterocycles. The Balaban J connectivity index is 1.81. The number of hydrogen-bond donors (Lipinski definition) is 0. The maximum absolute atomic E-state index is 2.40. The molecule has 1 heteroatoms. The summed E-state index contributed by atoms with van der Waals surface area (Å²) < 4.78 is 0. The third kappa shape index (κ3) is 10.7. The molecule has 0 spiro atoms. The first kappa shape index (κ1) is 22.0. The average Bonchev–Trinajstić information content (AvgIpc) is 3.31. The summed E-state index contributed by atoms with van der Waals surface area (Å²) in [5, 5.41) is 0. The molecule has 0 N–H and O–H groups in total. The van der Waals surface area contributed by atoms with Crippen LogP contribution in [0.25, 0.3) is 0 Å². The Morgan fingerprint density at radius 1 is 0.708 bits per heavy atom. The minimum Gasteiger partial charge on any atom is -0.306 e. The lowest BCUT2D eigenvalue weighted by atomic mass is 10.0. The smallest absolute Gasteiger partial charge is 0.00865 e. The van der Waals surface area contributed by atoms with Crippen molar-refractivity contribution in [3.63, 3.8) is 0 Å². The molecule has 0 heterocycles. The van der Waals surface area contributed by atoms with E-state index in [9.17, 15) is 0 Å². The summed E-state index contributed by atoms with van der Waals surface area (Å²) in [6.45, 7) is 4.63. The third-order valence-electron chi connectivity index (χ3n) is 6.31. The monoisotopic (exact) mass is 337 g/mol. The lowest BCUT2D eigenvalue weighted by Gasteiger charge is -2.22. The van der Waals surface area contributed by atoms with Gasteiger partial charge in [-0.05, 0) is 45.2 Å². The second kappa shape index (κ2) is 14.2. The molecule has 0 amide bonds. The fourth-order valence-corrected chi connectivity index (χ4v) is 4.35. The molecule has 0 aliphatic heterocycles. The van der Waals surface area contributed by atoms with Crippen molar-refractivity contribution in [3.05, 3.63) is 0 Å². The summed E-state index contributed by atoms with van der Waals surface area (Å²) in [5.41, 5.74) is 0. The van der Waals surface area contributed by atoms with Gasteiger partial charge in [-0.15, -0.1) is 0 Å². The molecule has 144 valence electrons. The normalized spacial score (nSPS) is 21.4. The molecular formula is C23H47N. The Labute approximate surface area is 154 Å². The predicted octanol–water partition coefficient (Wildman–Crippen LogP) is 7.44. The molecule has 1 rings (SSSR count). The lowest BCUT2D eigenvalue weighted by molar-refractivity contribution is 0.264. The van der Waals surface area contributed by atoms with Gasteiger partial charge in [0.05, 0.1) is 0 Å². The largest absolute Gasteiger partial charge is 0.306 e. The predicted molar refractivity (Wildman–Crippen MR) is 110 cm³/mol. The van der Waals surface area contributed by atoms with Gasteiger partial charge in [-0.25, -0.2) is 0 Å². The van der Waals surface area contributed by atoms with Crippen molar-refractivity contribution >= 4 is 0 Å². The molecule has 1 saturated carbocycles. The SMILES string of the molecule is CCCCCCCC[C@@H]1C[C@@H]1CCCCCCCC(CC)N(C)C. The van der Waals surface area contributed by atoms with Gasteiger partial charge in [-0.2, -0.15) is 0 Å². The maximum atomic E-state index is 2.40. The van der Waals surface area contributed by atoms with Crippen LogP contribution in [-0.4, -0.2) is 25.0 Å². The highest BCUT2D eigenvalue weighted by Crippen LogP contribution is 2.45. The van der Waals surface area contributed by atoms with Crippen molar-refractivity contribution in [2.75, 3.05) is 14.1 Å². The Bertz CT molecular complexity index is 273. The van der Waals surface area contributed by atoms with Crippen molar-refractivity contribution < 1.29 is 0 Å². The van der Waals surface area contributed by atoms with Crippen LogP contribution in [-0.2, 0) is 0 Å². The van der Waals surface area contributed by atoms with Gasteiger partial charge in [-0.3, -0.25) is 0 Å². The molecule has 0 bridgehead atoms. The van der Waals surface area contributed by atoms with E-state index in [-0.39, 0.29) is 0 Å². The van der Waals surface area contributed by atoms with Gasteiger partial charge in [0.1, 0.15) is 0 Å². The molecule has 1 unspecified atom stereocenters. The number of rotatable bonds is 17. The van der Waals surface area contributed by atoms with Crippen molar-refractivity contribution in [3.8, 4) is 0 Å². The summed E-state index contributed by atoms with van der Waals surface area (Å²) in [5.74, 6) is 2.25. The second-order valence-corrected chi connectivity index (χ2v) is 8.68. The van der Waals surface area contributed by atoms with Gasteiger partial charge in [0.2, 0.25) is 0 Å². The van der Waals surface area contributed by atoms with Crippen molar-refractivity contribution in [2.45, 2.75) is 123 Å². The van der Waals surface area contributed by atoms with Gasteiger partial charge in [0.25, 0.3) is 0 Å². The summed E-state index contributed by atoms with van der Waals surface area (Å²) in [4.78, 5) is 2.40. The van der Waals surface area contributed by atoms with E-state index in [0.29, 0.717) is 0 Å². The molecule has 1 fully saturated rings. The minimum absolute atomic E-state index is 0.805. The molecule has 3 atom stereocenters. The highest BCUT2D eigenvalue weighted by Gasteiger charge is 2.34. The highest BCUT2D eigenvalue weighted by molar-refractivity contribution is 4.85. The minimum atomic E-state index is 0.805. The molecule has 1 nitrogen and oxygen atoms in total. The van der Waals surface area contributed by atoms with E-state index < -0.39 is 0 Å². The molecule has 0 aromatic rings. The van der Waals surface area contributed by atoms with Crippen molar-refractivity contribution in [1.82, 2.24) is 4.90 Å². The van der Waals surface area contributed by atoms with Gasteiger partial charge >= 0.3 is 0 Å². The molecular weight excluding hydrogens is 290 g/mol. The standard InChI is InChI=1S/C23H47N/c1-5-7-8-9-11-14-17-21-20-22(21)18-15-12-10-13-16-19-23(6-2)24(3)4/h21-23H,5-20H2,1-4H3/t21-,22+,23?/m1/s1. The van der Waals surface area contributed by atoms with Gasteiger partial charge in [0.15, 0.2) is 0 Å². The zero-order valence-electron chi connectivity index (χ0n) is 17.5. The quantitative estimate of drug-likeness (QED) is 0.249. The zero-order valence-corrected chi connectivity index (χ0v) is 17.5. The van der Waals surface area contributed by atoms with Crippen LogP contribution in [0.15, 0.2) is 0 Å². The van der Waals surface area contributed by atoms with Crippen LogP contribution in [0.5, 0.6) is 0 Å². The Kier molecular flexibility index (Phi) is 13.0. The van der Waals surface area contributed by atoms with Crippen LogP contribution in [0, 0.1) is 11.8 Å². The van der Waals surface area contributed by atoms with Crippen LogP contribution in [0.1, 0.15) is 117 Å². The maximum Gasteiger partial charge on any atom is 0.00865 e. The molecule has 24 heavy (non-hydrogen) atoms. The average molecular weight is 338 g/mol. The second-order valence-electron chi connectivity index (χ2n) is 8.68. The summed E-state index contributed by atoms with van der Waals surface area (Å²) in [7, 11) is 4.46. The summed E-state index contributed by atoms with van der Waals surface area (Å²) in [6.07, 6.45) is 23.5. The van der Waals surface area contributed by atoms with Crippen LogP contribution in [0.4, 0.5) is 0 Å². The number of unbranched alkanes of at least 4 members (excludes halogenated alkanes) is 9. The molecule has 1 aliphatic carbocycles. The Morgan fingerprint density at radius 2 is 1.21 bits per heavy atom. The van der Waals surface area contributed by atoms with Crippen LogP contribution >= 0.6 is 0 Å².